The quantitative estimate of drug-likeness (QED) is 0.554. The molecule has 0 radical (unpaired) electrons. The Morgan fingerprint density at radius 1 is 1.17 bits per heavy atom. The minimum absolute atomic E-state index is 0. The molecule has 0 unspecified atom stereocenters. The fourth-order valence-corrected chi connectivity index (χ4v) is 1.36. The molecule has 1 aromatic rings. The van der Waals surface area contributed by atoms with E-state index in [0.29, 0.717) is 5.75 Å². The first-order valence-corrected chi connectivity index (χ1v) is 5.89. The molecule has 4 heteroatoms. The molecule has 0 spiro atoms. The molecule has 0 heterocycles. The average Bonchev–Trinajstić information content (AvgIpc) is 1.85. The Hall–Kier alpha value is 0.170. The van der Waals surface area contributed by atoms with E-state index in [1.54, 1.807) is 24.6 Å². The van der Waals surface area contributed by atoms with E-state index in [1.165, 1.54) is 0 Å². The molecule has 0 aliphatic carbocycles. The van der Waals surface area contributed by atoms with Crippen molar-refractivity contribution >= 4 is 39.8 Å². The van der Waals surface area contributed by atoms with E-state index in [9.17, 15) is 4.21 Å². The number of thiol groups is 1. The molecule has 12 heavy (non-hydrogen) atoms. The third kappa shape index (κ3) is 4.93. The van der Waals surface area contributed by atoms with Crippen molar-refractivity contribution in [2.45, 2.75) is 0 Å². The van der Waals surface area contributed by atoms with Gasteiger partial charge in [-0.25, -0.2) is 4.21 Å². The Balaban J connectivity index is 0.00000121. The molecule has 2 nitrogen and oxygen atoms in total. The Labute approximate surface area is 96.2 Å². The van der Waals surface area contributed by atoms with E-state index in [0.717, 1.165) is 0 Å². The first-order valence-electron chi connectivity index (χ1n) is 3.37. The van der Waals surface area contributed by atoms with Crippen LogP contribution in [0.3, 0.4) is 0 Å². The molecule has 1 rings (SSSR count). The molecule has 0 atom stereocenters. The third-order valence-electron chi connectivity index (χ3n) is 1.07. The van der Waals surface area contributed by atoms with Crippen molar-refractivity contribution < 1.29 is 8.39 Å². The predicted octanol–water partition coefficient (Wildman–Crippen LogP) is 0.608. The zero-order valence-corrected chi connectivity index (χ0v) is 7.54. The first-order chi connectivity index (χ1) is 5.08. The summed E-state index contributed by atoms with van der Waals surface area (Å²) < 4.78 is 16.3. The van der Waals surface area contributed by atoms with E-state index in [2.05, 4.69) is 0 Å². The SMILES string of the molecule is C[SH](C)(=O)Oc1ccccc1.[NaH]. The van der Waals surface area contributed by atoms with Crippen LogP contribution in [-0.2, 0) is 10.2 Å². The van der Waals surface area contributed by atoms with Gasteiger partial charge in [-0.3, -0.25) is 0 Å². The van der Waals surface area contributed by atoms with Crippen LogP contribution in [0.15, 0.2) is 30.3 Å². The van der Waals surface area contributed by atoms with Gasteiger partial charge >= 0.3 is 29.6 Å². The van der Waals surface area contributed by atoms with Crippen molar-refractivity contribution in [2.24, 2.45) is 0 Å². The molecular formula is C8H13NaO2S. The van der Waals surface area contributed by atoms with Crippen molar-refractivity contribution in [2.75, 3.05) is 12.5 Å². The van der Waals surface area contributed by atoms with Gasteiger partial charge in [0.15, 0.2) is 0 Å². The summed E-state index contributed by atoms with van der Waals surface area (Å²) in [6, 6.07) is 9.18. The molecular weight excluding hydrogens is 183 g/mol. The molecule has 0 bridgehead atoms. The Bertz CT molecular complexity index is 268. The summed E-state index contributed by atoms with van der Waals surface area (Å²) in [5.74, 6) is 0.667. The second-order valence-corrected chi connectivity index (χ2v) is 5.34. The second kappa shape index (κ2) is 5.02. The molecule has 0 aliphatic heterocycles. The molecule has 0 N–H and O–H groups in total. The van der Waals surface area contributed by atoms with Crippen LogP contribution in [0.4, 0.5) is 0 Å². The number of hydrogen-bond donors (Lipinski definition) is 1. The van der Waals surface area contributed by atoms with E-state index in [1.807, 2.05) is 18.2 Å². The number of benzene rings is 1. The van der Waals surface area contributed by atoms with Crippen LogP contribution >= 0.6 is 0 Å². The van der Waals surface area contributed by atoms with Gasteiger partial charge in [0.05, 0.1) is 0 Å². The van der Waals surface area contributed by atoms with Crippen LogP contribution in [0, 0.1) is 0 Å². The van der Waals surface area contributed by atoms with E-state index in [-0.39, 0.29) is 29.6 Å². The zero-order chi connectivity index (χ0) is 8.32. The van der Waals surface area contributed by atoms with Gasteiger partial charge in [0.1, 0.15) is 5.75 Å². The summed E-state index contributed by atoms with van der Waals surface area (Å²) in [6.45, 7) is 0. The van der Waals surface area contributed by atoms with Crippen LogP contribution < -0.4 is 4.18 Å². The molecule has 0 saturated carbocycles. The number of rotatable bonds is 2. The van der Waals surface area contributed by atoms with Gasteiger partial charge in [-0.05, 0) is 12.1 Å². The van der Waals surface area contributed by atoms with Crippen molar-refractivity contribution in [3.63, 3.8) is 0 Å². The van der Waals surface area contributed by atoms with Crippen LogP contribution in [0.2, 0.25) is 0 Å². The fraction of sp³-hybridized carbons (Fsp3) is 0.250. The summed E-state index contributed by atoms with van der Waals surface area (Å²) in [6.07, 6.45) is 3.19. The summed E-state index contributed by atoms with van der Waals surface area (Å²) >= 11 is 0. The van der Waals surface area contributed by atoms with Gasteiger partial charge in [-0.1, -0.05) is 18.2 Å². The van der Waals surface area contributed by atoms with Gasteiger partial charge < -0.3 is 4.18 Å². The summed E-state index contributed by atoms with van der Waals surface area (Å²) in [4.78, 5) is 0. The van der Waals surface area contributed by atoms with Crippen molar-refractivity contribution in [1.82, 2.24) is 0 Å². The number of para-hydroxylation sites is 1. The summed E-state index contributed by atoms with van der Waals surface area (Å²) in [5.41, 5.74) is 0. The van der Waals surface area contributed by atoms with Gasteiger partial charge in [0.2, 0.25) is 0 Å². The summed E-state index contributed by atoms with van der Waals surface area (Å²) in [7, 11) is -2.39. The van der Waals surface area contributed by atoms with Gasteiger partial charge in [0, 0.05) is 12.5 Å². The molecule has 0 aliphatic rings. The van der Waals surface area contributed by atoms with Crippen molar-refractivity contribution in [1.29, 1.82) is 0 Å². The monoisotopic (exact) mass is 196 g/mol. The normalized spacial score (nSPS) is 11.5. The van der Waals surface area contributed by atoms with Crippen LogP contribution in [-0.4, -0.2) is 46.3 Å². The van der Waals surface area contributed by atoms with Crippen LogP contribution in [0.25, 0.3) is 0 Å². The molecule has 64 valence electrons. The third-order valence-corrected chi connectivity index (χ3v) is 1.72. The van der Waals surface area contributed by atoms with Crippen LogP contribution in [0.5, 0.6) is 5.75 Å². The maximum atomic E-state index is 11.2. The average molecular weight is 196 g/mol. The Morgan fingerprint density at radius 3 is 2.08 bits per heavy atom. The predicted molar refractivity (Wildman–Crippen MR) is 55.6 cm³/mol. The second-order valence-electron chi connectivity index (χ2n) is 2.66. The molecule has 0 saturated heterocycles. The van der Waals surface area contributed by atoms with Gasteiger partial charge in [0.25, 0.3) is 0 Å². The van der Waals surface area contributed by atoms with Crippen molar-refractivity contribution in [3.8, 4) is 5.75 Å². The maximum absolute atomic E-state index is 11.2. The standard InChI is InChI=1S/C8H12O2S.Na.H/c1-11(2,9)10-8-6-4-3-5-7-8;;/h3-7,11H,1-2H3;;. The van der Waals surface area contributed by atoms with E-state index >= 15 is 0 Å². The molecule has 0 fully saturated rings. The summed E-state index contributed by atoms with van der Waals surface area (Å²) in [5, 5.41) is 0. The van der Waals surface area contributed by atoms with Crippen molar-refractivity contribution in [3.05, 3.63) is 30.3 Å². The number of hydrogen-bond acceptors (Lipinski definition) is 2. The first kappa shape index (κ1) is 12.2. The Kier molecular flexibility index (Phi) is 5.09. The zero-order valence-electron chi connectivity index (χ0n) is 6.65. The Morgan fingerprint density at radius 2 is 1.67 bits per heavy atom. The van der Waals surface area contributed by atoms with Gasteiger partial charge in [-0.15, -0.1) is 0 Å². The van der Waals surface area contributed by atoms with E-state index < -0.39 is 10.2 Å². The molecule has 0 aromatic heterocycles. The van der Waals surface area contributed by atoms with E-state index in [4.69, 9.17) is 4.18 Å². The molecule has 0 amide bonds. The fourth-order valence-electron chi connectivity index (χ4n) is 0.735. The molecule has 1 aromatic carbocycles. The van der Waals surface area contributed by atoms with Crippen LogP contribution in [0.1, 0.15) is 0 Å². The minimum atomic E-state index is -2.39. The topological polar surface area (TPSA) is 26.3 Å². The van der Waals surface area contributed by atoms with Gasteiger partial charge in [-0.2, -0.15) is 10.2 Å².